The van der Waals surface area contributed by atoms with E-state index < -0.39 is 41.5 Å². The molecule has 0 aliphatic rings. The van der Waals surface area contributed by atoms with E-state index in [2.05, 4.69) is 5.32 Å². The summed E-state index contributed by atoms with van der Waals surface area (Å²) in [6.07, 6.45) is -4.58. The first kappa shape index (κ1) is 16.2. The molecule has 0 aliphatic heterocycles. The molecular weight excluding hydrogens is 283 g/mol. The lowest BCUT2D eigenvalue weighted by Gasteiger charge is -2.19. The molecule has 0 heterocycles. The number of halogens is 5. The van der Waals surface area contributed by atoms with Gasteiger partial charge in [0.2, 0.25) is 0 Å². The molecule has 0 saturated heterocycles. The van der Waals surface area contributed by atoms with E-state index in [9.17, 15) is 26.7 Å². The molecule has 0 unspecified atom stereocenters. The molecule has 0 radical (unpaired) electrons. The molecule has 1 N–H and O–H groups in total. The minimum Gasteiger partial charge on any atom is -0.381 e. The lowest BCUT2D eigenvalue weighted by atomic mass is 10.1. The van der Waals surface area contributed by atoms with Crippen molar-refractivity contribution in [3.63, 3.8) is 0 Å². The van der Waals surface area contributed by atoms with Crippen LogP contribution in [0.3, 0.4) is 0 Å². The minimum atomic E-state index is -4.58. The topological polar surface area (TPSA) is 32.3 Å². The molecule has 1 rings (SSSR count). The molecular formula is C12H13F5N2O. The Morgan fingerprint density at radius 3 is 2.15 bits per heavy atom. The van der Waals surface area contributed by atoms with Crippen LogP contribution in [0.2, 0.25) is 0 Å². The van der Waals surface area contributed by atoms with Crippen molar-refractivity contribution < 1.29 is 26.7 Å². The summed E-state index contributed by atoms with van der Waals surface area (Å²) in [6.45, 7) is 0.383. The van der Waals surface area contributed by atoms with E-state index in [1.54, 1.807) is 6.92 Å². The fraction of sp³-hybridized carbons (Fsp3) is 0.417. The quantitative estimate of drug-likeness (QED) is 0.866. The zero-order chi connectivity index (χ0) is 15.5. The van der Waals surface area contributed by atoms with E-state index in [4.69, 9.17) is 0 Å². The van der Waals surface area contributed by atoms with Gasteiger partial charge in [-0.3, -0.25) is 4.79 Å². The summed E-state index contributed by atoms with van der Waals surface area (Å²) in [5, 5.41) is 2.42. The van der Waals surface area contributed by atoms with Gasteiger partial charge in [-0.15, -0.1) is 0 Å². The highest BCUT2D eigenvalue weighted by Crippen LogP contribution is 2.22. The summed E-state index contributed by atoms with van der Waals surface area (Å²) in [6, 6.07) is 1.41. The van der Waals surface area contributed by atoms with Gasteiger partial charge in [0.05, 0.1) is 0 Å². The molecule has 0 aromatic heterocycles. The van der Waals surface area contributed by atoms with Gasteiger partial charge in [-0.2, -0.15) is 13.2 Å². The van der Waals surface area contributed by atoms with Crippen molar-refractivity contribution in [2.45, 2.75) is 13.1 Å². The molecule has 1 amide bonds. The summed E-state index contributed by atoms with van der Waals surface area (Å²) < 4.78 is 63.6. The Kier molecular flexibility index (Phi) is 4.91. The fourth-order valence-electron chi connectivity index (χ4n) is 1.60. The number of alkyl halides is 3. The van der Waals surface area contributed by atoms with E-state index in [0.29, 0.717) is 17.0 Å². The van der Waals surface area contributed by atoms with E-state index in [0.717, 1.165) is 7.05 Å². The standard InChI is InChI=1S/C12H13F5N2O/c1-3-18-10-8(13)4-7(5-9(10)14)11(20)19(2)6-12(15,16)17/h4-5,18H,3,6H2,1-2H3. The first-order valence-electron chi connectivity index (χ1n) is 5.70. The van der Waals surface area contributed by atoms with E-state index in [1.807, 2.05) is 0 Å². The number of benzene rings is 1. The van der Waals surface area contributed by atoms with Crippen LogP contribution in [0.15, 0.2) is 12.1 Å². The molecule has 3 nitrogen and oxygen atoms in total. The van der Waals surface area contributed by atoms with Crippen LogP contribution in [0, 0.1) is 11.6 Å². The van der Waals surface area contributed by atoms with E-state index in [1.165, 1.54) is 0 Å². The summed E-state index contributed by atoms with van der Waals surface area (Å²) in [4.78, 5) is 12.0. The van der Waals surface area contributed by atoms with E-state index >= 15 is 0 Å². The molecule has 0 atom stereocenters. The molecule has 0 bridgehead atoms. The van der Waals surface area contributed by atoms with Gasteiger partial charge in [-0.05, 0) is 19.1 Å². The number of rotatable bonds is 4. The highest BCUT2D eigenvalue weighted by atomic mass is 19.4. The molecule has 0 fully saturated rings. The van der Waals surface area contributed by atoms with Gasteiger partial charge in [0.25, 0.3) is 5.91 Å². The van der Waals surface area contributed by atoms with Crippen molar-refractivity contribution in [3.05, 3.63) is 29.3 Å². The van der Waals surface area contributed by atoms with Crippen LogP contribution in [0.1, 0.15) is 17.3 Å². The average molecular weight is 296 g/mol. The number of nitrogens with one attached hydrogen (secondary N) is 1. The number of hydrogen-bond donors (Lipinski definition) is 1. The molecule has 0 saturated carbocycles. The third-order valence-corrected chi connectivity index (χ3v) is 2.41. The maximum absolute atomic E-state index is 13.6. The molecule has 20 heavy (non-hydrogen) atoms. The lowest BCUT2D eigenvalue weighted by molar-refractivity contribution is -0.138. The predicted octanol–water partition coefficient (Wildman–Crippen LogP) is 3.03. The summed E-state index contributed by atoms with van der Waals surface area (Å²) >= 11 is 0. The van der Waals surface area contributed by atoms with Gasteiger partial charge in [0.1, 0.15) is 23.9 Å². The van der Waals surface area contributed by atoms with Crippen LogP contribution < -0.4 is 5.32 Å². The highest BCUT2D eigenvalue weighted by molar-refractivity contribution is 5.94. The molecule has 112 valence electrons. The van der Waals surface area contributed by atoms with Gasteiger partial charge in [-0.25, -0.2) is 8.78 Å². The normalized spacial score (nSPS) is 11.3. The van der Waals surface area contributed by atoms with Gasteiger partial charge in [0, 0.05) is 19.2 Å². The average Bonchev–Trinajstić information content (AvgIpc) is 2.30. The smallest absolute Gasteiger partial charge is 0.381 e. The van der Waals surface area contributed by atoms with Crippen molar-refractivity contribution in [1.82, 2.24) is 4.90 Å². The zero-order valence-corrected chi connectivity index (χ0v) is 10.8. The Hall–Kier alpha value is -1.86. The van der Waals surface area contributed by atoms with Crippen LogP contribution in [0.4, 0.5) is 27.6 Å². The molecule has 8 heteroatoms. The van der Waals surface area contributed by atoms with Crippen LogP contribution >= 0.6 is 0 Å². The predicted molar refractivity (Wildman–Crippen MR) is 63.5 cm³/mol. The maximum atomic E-state index is 13.6. The Morgan fingerprint density at radius 1 is 1.25 bits per heavy atom. The lowest BCUT2D eigenvalue weighted by Crippen LogP contribution is -2.35. The minimum absolute atomic E-state index is 0.259. The molecule has 1 aromatic rings. The number of carbonyl (C=O) groups is 1. The Bertz CT molecular complexity index is 478. The third-order valence-electron chi connectivity index (χ3n) is 2.41. The van der Waals surface area contributed by atoms with Gasteiger partial charge in [-0.1, -0.05) is 0 Å². The summed E-state index contributed by atoms with van der Waals surface area (Å²) in [5.74, 6) is -3.17. The molecule has 1 aromatic carbocycles. The first-order valence-corrected chi connectivity index (χ1v) is 5.70. The van der Waals surface area contributed by atoms with E-state index in [-0.39, 0.29) is 6.54 Å². The number of hydrogen-bond acceptors (Lipinski definition) is 2. The monoisotopic (exact) mass is 296 g/mol. The second-order valence-corrected chi connectivity index (χ2v) is 4.12. The fourth-order valence-corrected chi connectivity index (χ4v) is 1.60. The maximum Gasteiger partial charge on any atom is 0.406 e. The van der Waals surface area contributed by atoms with Crippen LogP contribution in [0.25, 0.3) is 0 Å². The SMILES string of the molecule is CCNc1c(F)cc(C(=O)N(C)CC(F)(F)F)cc1F. The van der Waals surface area contributed by atoms with Crippen molar-refractivity contribution in [3.8, 4) is 0 Å². The highest BCUT2D eigenvalue weighted by Gasteiger charge is 2.31. The molecule has 0 aliphatic carbocycles. The number of anilines is 1. The Balaban J connectivity index is 3.00. The number of carbonyl (C=O) groups excluding carboxylic acids is 1. The Labute approximate surface area is 112 Å². The zero-order valence-electron chi connectivity index (χ0n) is 10.8. The van der Waals surface area contributed by atoms with Crippen LogP contribution in [-0.2, 0) is 0 Å². The van der Waals surface area contributed by atoms with Gasteiger partial charge >= 0.3 is 6.18 Å². The molecule has 0 spiro atoms. The number of amides is 1. The van der Waals surface area contributed by atoms with Crippen molar-refractivity contribution in [2.24, 2.45) is 0 Å². The van der Waals surface area contributed by atoms with Crippen molar-refractivity contribution in [1.29, 1.82) is 0 Å². The third kappa shape index (κ3) is 4.07. The van der Waals surface area contributed by atoms with Gasteiger partial charge < -0.3 is 10.2 Å². The van der Waals surface area contributed by atoms with Crippen molar-refractivity contribution >= 4 is 11.6 Å². The first-order chi connectivity index (χ1) is 9.15. The number of nitrogens with zero attached hydrogens (tertiary/aromatic N) is 1. The van der Waals surface area contributed by atoms with Crippen LogP contribution in [-0.4, -0.2) is 37.1 Å². The van der Waals surface area contributed by atoms with Crippen molar-refractivity contribution in [2.75, 3.05) is 25.5 Å². The van der Waals surface area contributed by atoms with Crippen LogP contribution in [0.5, 0.6) is 0 Å². The largest absolute Gasteiger partial charge is 0.406 e. The second-order valence-electron chi connectivity index (χ2n) is 4.12. The van der Waals surface area contributed by atoms with Gasteiger partial charge in [0.15, 0.2) is 0 Å². The summed E-state index contributed by atoms with van der Waals surface area (Å²) in [5.41, 5.74) is -0.893. The second kappa shape index (κ2) is 6.06. The Morgan fingerprint density at radius 2 is 1.75 bits per heavy atom. The summed E-state index contributed by atoms with van der Waals surface area (Å²) in [7, 11) is 0.907.